The largest absolute Gasteiger partial charge is 0.398 e. The maximum Gasteiger partial charge on any atom is 0.359 e. The minimum absolute atomic E-state index is 0.245. The van der Waals surface area contributed by atoms with Gasteiger partial charge in [0.15, 0.2) is 0 Å². The topological polar surface area (TPSA) is 55.6 Å². The van der Waals surface area contributed by atoms with Gasteiger partial charge in [-0.05, 0) is 25.0 Å². The van der Waals surface area contributed by atoms with Crippen LogP contribution in [0.25, 0.3) is 0 Å². The summed E-state index contributed by atoms with van der Waals surface area (Å²) in [6, 6.07) is 2.89. The molecule has 0 aliphatic carbocycles. The molecule has 1 fully saturated rings. The van der Waals surface area contributed by atoms with Crippen LogP contribution in [0.4, 0.5) is 5.69 Å². The summed E-state index contributed by atoms with van der Waals surface area (Å²) >= 11 is 11.7. The molecular weight excluding hydrogens is 275 g/mol. The fourth-order valence-corrected chi connectivity index (χ4v) is 2.20. The molecule has 0 radical (unpaired) electrons. The number of anilines is 1. The number of hydrogen-bond acceptors (Lipinski definition) is 4. The van der Waals surface area contributed by atoms with Crippen LogP contribution in [0.1, 0.15) is 29.6 Å². The lowest BCUT2D eigenvalue weighted by molar-refractivity contribution is -0.119. The zero-order valence-electron chi connectivity index (χ0n) is 9.79. The van der Waals surface area contributed by atoms with Crippen LogP contribution < -0.4 is 5.73 Å². The van der Waals surface area contributed by atoms with Crippen LogP contribution in [0.15, 0.2) is 12.1 Å². The fourth-order valence-electron chi connectivity index (χ4n) is 1.86. The van der Waals surface area contributed by atoms with E-state index in [1.807, 2.05) is 0 Å². The van der Waals surface area contributed by atoms with Crippen molar-refractivity contribution in [3.63, 3.8) is 0 Å². The van der Waals surface area contributed by atoms with Gasteiger partial charge in [-0.25, -0.2) is 4.79 Å². The molecule has 0 aromatic heterocycles. The number of hydroxylamine groups is 2. The first-order valence-electron chi connectivity index (χ1n) is 5.79. The Morgan fingerprint density at radius 3 is 2.44 bits per heavy atom. The standard InChI is InChI=1S/C12H14Cl2N2O2/c13-9-6-8(11(15)7-10(9)14)12(17)18-16-4-2-1-3-5-16/h6-7H,1-5,15H2. The van der Waals surface area contributed by atoms with E-state index in [0.29, 0.717) is 5.02 Å². The van der Waals surface area contributed by atoms with Crippen LogP contribution in [0.2, 0.25) is 10.0 Å². The van der Waals surface area contributed by atoms with E-state index < -0.39 is 5.97 Å². The van der Waals surface area contributed by atoms with Crippen molar-refractivity contribution >= 4 is 34.9 Å². The minimum atomic E-state index is -0.493. The molecule has 2 N–H and O–H groups in total. The van der Waals surface area contributed by atoms with Crippen LogP contribution in [0, 0.1) is 0 Å². The predicted molar refractivity (Wildman–Crippen MR) is 71.7 cm³/mol. The molecule has 4 nitrogen and oxygen atoms in total. The van der Waals surface area contributed by atoms with Gasteiger partial charge in [0.1, 0.15) is 0 Å². The highest BCUT2D eigenvalue weighted by molar-refractivity contribution is 6.42. The van der Waals surface area contributed by atoms with Gasteiger partial charge < -0.3 is 10.6 Å². The number of benzene rings is 1. The molecule has 0 saturated carbocycles. The first-order valence-corrected chi connectivity index (χ1v) is 6.55. The van der Waals surface area contributed by atoms with Gasteiger partial charge in [-0.2, -0.15) is 0 Å². The number of rotatable bonds is 2. The van der Waals surface area contributed by atoms with Gasteiger partial charge >= 0.3 is 5.97 Å². The summed E-state index contributed by atoms with van der Waals surface area (Å²) in [7, 11) is 0. The molecule has 18 heavy (non-hydrogen) atoms. The molecule has 1 heterocycles. The number of nitrogens with two attached hydrogens (primary N) is 1. The Hall–Kier alpha value is -0.970. The van der Waals surface area contributed by atoms with Crippen molar-refractivity contribution in [3.05, 3.63) is 27.7 Å². The van der Waals surface area contributed by atoms with Crippen LogP contribution in [0.3, 0.4) is 0 Å². The number of hydrogen-bond donors (Lipinski definition) is 1. The molecule has 0 spiro atoms. The summed E-state index contributed by atoms with van der Waals surface area (Å²) in [5.74, 6) is -0.493. The Labute approximate surface area is 116 Å². The van der Waals surface area contributed by atoms with E-state index in [-0.39, 0.29) is 16.3 Å². The van der Waals surface area contributed by atoms with Crippen molar-refractivity contribution < 1.29 is 9.63 Å². The van der Waals surface area contributed by atoms with E-state index in [9.17, 15) is 4.79 Å². The highest BCUT2D eigenvalue weighted by atomic mass is 35.5. The lowest BCUT2D eigenvalue weighted by Crippen LogP contribution is -2.32. The maximum atomic E-state index is 12.0. The Kier molecular flexibility index (Phi) is 4.32. The predicted octanol–water partition coefficient (Wildman–Crippen LogP) is 3.13. The average molecular weight is 289 g/mol. The Morgan fingerprint density at radius 2 is 1.78 bits per heavy atom. The molecule has 0 bridgehead atoms. The number of carbonyl (C=O) groups is 1. The molecule has 2 rings (SSSR count). The second-order valence-corrected chi connectivity index (χ2v) is 5.04. The third kappa shape index (κ3) is 3.07. The molecular formula is C12H14Cl2N2O2. The second kappa shape index (κ2) is 5.78. The van der Waals surface area contributed by atoms with E-state index in [4.69, 9.17) is 33.8 Å². The van der Waals surface area contributed by atoms with Crippen molar-refractivity contribution in [2.24, 2.45) is 0 Å². The van der Waals surface area contributed by atoms with Crippen LogP contribution in [-0.2, 0) is 4.84 Å². The highest BCUT2D eigenvalue weighted by Crippen LogP contribution is 2.28. The molecule has 0 atom stereocenters. The van der Waals surface area contributed by atoms with Crippen LogP contribution in [0.5, 0.6) is 0 Å². The zero-order chi connectivity index (χ0) is 13.1. The number of nitrogens with zero attached hydrogens (tertiary/aromatic N) is 1. The fraction of sp³-hybridized carbons (Fsp3) is 0.417. The summed E-state index contributed by atoms with van der Waals surface area (Å²) in [5.41, 5.74) is 6.25. The smallest absolute Gasteiger partial charge is 0.359 e. The van der Waals surface area contributed by atoms with Gasteiger partial charge in [-0.15, -0.1) is 5.06 Å². The van der Waals surface area contributed by atoms with Gasteiger partial charge in [-0.3, -0.25) is 0 Å². The number of piperidine rings is 1. The van der Waals surface area contributed by atoms with Gasteiger partial charge in [0.05, 0.1) is 15.6 Å². The summed E-state index contributed by atoms with van der Waals surface area (Å²) < 4.78 is 0. The minimum Gasteiger partial charge on any atom is -0.398 e. The molecule has 1 aromatic carbocycles. The molecule has 98 valence electrons. The maximum absolute atomic E-state index is 12.0. The number of halogens is 2. The van der Waals surface area contributed by atoms with Gasteiger partial charge in [0.25, 0.3) is 0 Å². The van der Waals surface area contributed by atoms with Crippen molar-refractivity contribution in [2.75, 3.05) is 18.8 Å². The van der Waals surface area contributed by atoms with E-state index >= 15 is 0 Å². The molecule has 1 aliphatic rings. The first-order chi connectivity index (χ1) is 8.58. The molecule has 0 unspecified atom stereocenters. The molecule has 1 saturated heterocycles. The van der Waals surface area contributed by atoms with E-state index in [1.165, 1.54) is 18.6 Å². The summed E-state index contributed by atoms with van der Waals surface area (Å²) in [4.78, 5) is 17.2. The summed E-state index contributed by atoms with van der Waals surface area (Å²) in [6.07, 6.45) is 3.23. The van der Waals surface area contributed by atoms with Crippen molar-refractivity contribution in [1.29, 1.82) is 0 Å². The SMILES string of the molecule is Nc1cc(Cl)c(Cl)cc1C(=O)ON1CCCCC1. The quantitative estimate of drug-likeness (QED) is 0.850. The van der Waals surface area contributed by atoms with Crippen LogP contribution >= 0.6 is 23.2 Å². The monoisotopic (exact) mass is 288 g/mol. The lowest BCUT2D eigenvalue weighted by atomic mass is 10.2. The Balaban J connectivity index is 2.10. The van der Waals surface area contributed by atoms with Gasteiger partial charge in [0, 0.05) is 18.8 Å². The Morgan fingerprint density at radius 1 is 1.17 bits per heavy atom. The second-order valence-electron chi connectivity index (χ2n) is 4.22. The van der Waals surface area contributed by atoms with Crippen molar-refractivity contribution in [2.45, 2.75) is 19.3 Å². The Bertz CT molecular complexity index is 460. The van der Waals surface area contributed by atoms with Crippen molar-refractivity contribution in [3.8, 4) is 0 Å². The van der Waals surface area contributed by atoms with E-state index in [0.717, 1.165) is 25.9 Å². The number of carbonyl (C=O) groups excluding carboxylic acids is 1. The third-order valence-electron chi connectivity index (χ3n) is 2.84. The van der Waals surface area contributed by atoms with E-state index in [1.54, 1.807) is 5.06 Å². The number of nitrogen functional groups attached to an aromatic ring is 1. The summed E-state index contributed by atoms with van der Waals surface area (Å²) in [5, 5.41) is 2.27. The van der Waals surface area contributed by atoms with E-state index in [2.05, 4.69) is 0 Å². The average Bonchev–Trinajstić information content (AvgIpc) is 2.35. The molecule has 0 amide bonds. The van der Waals surface area contributed by atoms with Gasteiger partial charge in [0.2, 0.25) is 0 Å². The third-order valence-corrected chi connectivity index (χ3v) is 3.56. The van der Waals surface area contributed by atoms with Crippen LogP contribution in [-0.4, -0.2) is 24.1 Å². The summed E-state index contributed by atoms with van der Waals surface area (Å²) in [6.45, 7) is 1.51. The lowest BCUT2D eigenvalue weighted by Gasteiger charge is -2.25. The normalized spacial score (nSPS) is 16.6. The molecule has 6 heteroatoms. The first kappa shape index (κ1) is 13.5. The highest BCUT2D eigenvalue weighted by Gasteiger charge is 2.19. The molecule has 1 aromatic rings. The molecule has 1 aliphatic heterocycles. The zero-order valence-corrected chi connectivity index (χ0v) is 11.3. The van der Waals surface area contributed by atoms with Crippen molar-refractivity contribution in [1.82, 2.24) is 5.06 Å². The van der Waals surface area contributed by atoms with Gasteiger partial charge in [-0.1, -0.05) is 29.6 Å².